The van der Waals surface area contributed by atoms with Crippen molar-refractivity contribution in [2.75, 3.05) is 7.11 Å². The van der Waals surface area contributed by atoms with E-state index in [1.165, 1.54) is 0 Å². The third kappa shape index (κ3) is 1.16. The number of hydrogen-bond donors (Lipinski definition) is 0. The van der Waals surface area contributed by atoms with E-state index < -0.39 is 0 Å². The van der Waals surface area contributed by atoms with Crippen molar-refractivity contribution in [2.24, 2.45) is 7.05 Å². The van der Waals surface area contributed by atoms with Crippen LogP contribution in [-0.4, -0.2) is 23.2 Å². The highest BCUT2D eigenvalue weighted by Crippen LogP contribution is 2.24. The van der Waals surface area contributed by atoms with Gasteiger partial charge in [0, 0.05) is 12.6 Å². The number of benzene rings is 1. The third-order valence-corrected chi connectivity index (χ3v) is 2.17. The molecule has 0 atom stereocenters. The van der Waals surface area contributed by atoms with Crippen molar-refractivity contribution in [3.8, 4) is 5.88 Å². The van der Waals surface area contributed by atoms with E-state index in [1.807, 2.05) is 13.1 Å². The number of ether oxygens (including phenoxy) is 1. The number of aldehydes is 1. The first kappa shape index (κ1) is 8.74. The molecular weight excluding hydrogens is 180 g/mol. The second-order valence-corrected chi connectivity index (χ2v) is 3.03. The Bertz CT molecular complexity index is 488. The fourth-order valence-electron chi connectivity index (χ4n) is 1.47. The van der Waals surface area contributed by atoms with Gasteiger partial charge in [-0.15, -0.1) is 5.10 Å². The van der Waals surface area contributed by atoms with E-state index in [0.29, 0.717) is 11.4 Å². The highest BCUT2D eigenvalue weighted by molar-refractivity contribution is 5.89. The van der Waals surface area contributed by atoms with Crippen molar-refractivity contribution >= 4 is 17.2 Å². The van der Waals surface area contributed by atoms with Crippen molar-refractivity contribution in [1.82, 2.24) is 9.78 Å². The minimum absolute atomic E-state index is 0.583. The molecular formula is C10H10N2O2. The van der Waals surface area contributed by atoms with Gasteiger partial charge in [-0.1, -0.05) is 6.07 Å². The van der Waals surface area contributed by atoms with E-state index in [1.54, 1.807) is 23.9 Å². The lowest BCUT2D eigenvalue weighted by Gasteiger charge is -1.94. The zero-order chi connectivity index (χ0) is 10.1. The molecule has 0 fully saturated rings. The molecule has 0 saturated carbocycles. The maximum atomic E-state index is 10.6. The molecule has 0 bridgehead atoms. The summed E-state index contributed by atoms with van der Waals surface area (Å²) in [6, 6.07) is 5.38. The summed E-state index contributed by atoms with van der Waals surface area (Å²) in [4.78, 5) is 10.6. The quantitative estimate of drug-likeness (QED) is 0.672. The molecule has 0 saturated heterocycles. The van der Waals surface area contributed by atoms with Gasteiger partial charge in [-0.05, 0) is 12.1 Å². The number of carbonyl (C=O) groups excluding carboxylic acids is 1. The van der Waals surface area contributed by atoms with Gasteiger partial charge in [-0.3, -0.25) is 9.48 Å². The Kier molecular flexibility index (Phi) is 1.96. The number of fused-ring (bicyclic) bond motifs is 1. The maximum absolute atomic E-state index is 10.6. The minimum atomic E-state index is 0.583. The van der Waals surface area contributed by atoms with Gasteiger partial charge in [0.25, 0.3) is 0 Å². The van der Waals surface area contributed by atoms with E-state index in [4.69, 9.17) is 4.74 Å². The highest BCUT2D eigenvalue weighted by atomic mass is 16.5. The molecule has 1 aromatic heterocycles. The van der Waals surface area contributed by atoms with Crippen LogP contribution in [0.25, 0.3) is 10.9 Å². The first-order valence-electron chi connectivity index (χ1n) is 4.22. The maximum Gasteiger partial charge on any atom is 0.240 e. The van der Waals surface area contributed by atoms with Gasteiger partial charge >= 0.3 is 0 Å². The Morgan fingerprint density at radius 2 is 2.29 bits per heavy atom. The lowest BCUT2D eigenvalue weighted by atomic mass is 10.2. The zero-order valence-electron chi connectivity index (χ0n) is 8.02. The summed E-state index contributed by atoms with van der Waals surface area (Å²) in [6.07, 6.45) is 0.818. The Hall–Kier alpha value is -1.84. The molecule has 2 aromatic rings. The standard InChI is InChI=1S/C10H10N2O2/c1-12-9-5-7(6-13)3-4-8(9)10(11-12)14-2/h3-6H,1-2H3. The molecule has 14 heavy (non-hydrogen) atoms. The summed E-state index contributed by atoms with van der Waals surface area (Å²) in [5, 5.41) is 5.08. The third-order valence-electron chi connectivity index (χ3n) is 2.17. The SMILES string of the molecule is COc1nn(C)c2cc(C=O)ccc12. The molecule has 4 nitrogen and oxygen atoms in total. The number of rotatable bonds is 2. The van der Waals surface area contributed by atoms with Crippen molar-refractivity contribution in [3.05, 3.63) is 23.8 Å². The smallest absolute Gasteiger partial charge is 0.240 e. The van der Waals surface area contributed by atoms with E-state index in [-0.39, 0.29) is 0 Å². The molecule has 1 aromatic carbocycles. The van der Waals surface area contributed by atoms with Crippen molar-refractivity contribution < 1.29 is 9.53 Å². The van der Waals surface area contributed by atoms with E-state index in [2.05, 4.69) is 5.10 Å². The normalized spacial score (nSPS) is 10.4. The molecule has 0 spiro atoms. The van der Waals surface area contributed by atoms with Crippen LogP contribution in [0.4, 0.5) is 0 Å². The number of aryl methyl sites for hydroxylation is 1. The van der Waals surface area contributed by atoms with Gasteiger partial charge < -0.3 is 4.74 Å². The second-order valence-electron chi connectivity index (χ2n) is 3.03. The lowest BCUT2D eigenvalue weighted by Crippen LogP contribution is -1.90. The fraction of sp³-hybridized carbons (Fsp3) is 0.200. The summed E-state index contributed by atoms with van der Waals surface area (Å²) >= 11 is 0. The lowest BCUT2D eigenvalue weighted by molar-refractivity contribution is 0.112. The number of methoxy groups -OCH3 is 1. The van der Waals surface area contributed by atoms with Crippen LogP contribution in [0.1, 0.15) is 10.4 Å². The van der Waals surface area contributed by atoms with Crippen LogP contribution in [0.15, 0.2) is 18.2 Å². The number of nitrogens with zero attached hydrogens (tertiary/aromatic N) is 2. The number of carbonyl (C=O) groups is 1. The Morgan fingerprint density at radius 1 is 1.50 bits per heavy atom. The van der Waals surface area contributed by atoms with Crippen LogP contribution in [0.3, 0.4) is 0 Å². The van der Waals surface area contributed by atoms with Crippen LogP contribution in [0.2, 0.25) is 0 Å². The molecule has 0 unspecified atom stereocenters. The molecule has 0 amide bonds. The largest absolute Gasteiger partial charge is 0.479 e. The topological polar surface area (TPSA) is 44.1 Å². The van der Waals surface area contributed by atoms with Crippen molar-refractivity contribution in [1.29, 1.82) is 0 Å². The first-order chi connectivity index (χ1) is 6.76. The Morgan fingerprint density at radius 3 is 2.93 bits per heavy atom. The average Bonchev–Trinajstić information content (AvgIpc) is 2.55. The number of hydrogen-bond acceptors (Lipinski definition) is 3. The van der Waals surface area contributed by atoms with Gasteiger partial charge in [0.1, 0.15) is 6.29 Å². The molecule has 0 aliphatic carbocycles. The molecule has 0 N–H and O–H groups in total. The van der Waals surface area contributed by atoms with Crippen molar-refractivity contribution in [2.45, 2.75) is 0 Å². The second kappa shape index (κ2) is 3.14. The molecule has 2 rings (SSSR count). The minimum Gasteiger partial charge on any atom is -0.479 e. The molecule has 4 heteroatoms. The molecule has 0 aliphatic rings. The van der Waals surface area contributed by atoms with E-state index >= 15 is 0 Å². The number of aromatic nitrogens is 2. The summed E-state index contributed by atoms with van der Waals surface area (Å²) in [6.45, 7) is 0. The average molecular weight is 190 g/mol. The van der Waals surface area contributed by atoms with Gasteiger partial charge in [-0.2, -0.15) is 0 Å². The molecule has 72 valence electrons. The summed E-state index contributed by atoms with van der Waals surface area (Å²) in [5.74, 6) is 0.583. The predicted octanol–water partition coefficient (Wildman–Crippen LogP) is 1.39. The summed E-state index contributed by atoms with van der Waals surface area (Å²) in [5.41, 5.74) is 1.54. The van der Waals surface area contributed by atoms with Crippen LogP contribution < -0.4 is 4.74 Å². The van der Waals surface area contributed by atoms with Crippen molar-refractivity contribution in [3.63, 3.8) is 0 Å². The zero-order valence-corrected chi connectivity index (χ0v) is 8.02. The highest BCUT2D eigenvalue weighted by Gasteiger charge is 2.08. The van der Waals surface area contributed by atoms with Gasteiger partial charge in [-0.25, -0.2) is 0 Å². The fourth-order valence-corrected chi connectivity index (χ4v) is 1.47. The van der Waals surface area contributed by atoms with Crippen LogP contribution in [-0.2, 0) is 7.05 Å². The van der Waals surface area contributed by atoms with Crippen LogP contribution >= 0.6 is 0 Å². The Labute approximate surface area is 81.1 Å². The van der Waals surface area contributed by atoms with Gasteiger partial charge in [0.05, 0.1) is 18.0 Å². The van der Waals surface area contributed by atoms with E-state index in [0.717, 1.165) is 17.2 Å². The molecule has 0 radical (unpaired) electrons. The summed E-state index contributed by atoms with van der Waals surface area (Å²) in [7, 11) is 3.40. The van der Waals surface area contributed by atoms with Gasteiger partial charge in [0.2, 0.25) is 5.88 Å². The van der Waals surface area contributed by atoms with Crippen LogP contribution in [0, 0.1) is 0 Å². The monoisotopic (exact) mass is 190 g/mol. The van der Waals surface area contributed by atoms with Gasteiger partial charge in [0.15, 0.2) is 0 Å². The predicted molar refractivity (Wildman–Crippen MR) is 52.7 cm³/mol. The van der Waals surface area contributed by atoms with E-state index in [9.17, 15) is 4.79 Å². The Balaban J connectivity index is 2.76. The summed E-state index contributed by atoms with van der Waals surface area (Å²) < 4.78 is 6.80. The molecule has 1 heterocycles. The van der Waals surface area contributed by atoms with Crippen LogP contribution in [0.5, 0.6) is 5.88 Å². The first-order valence-corrected chi connectivity index (χ1v) is 4.22. The molecule has 0 aliphatic heterocycles.